The van der Waals surface area contributed by atoms with Crippen LogP contribution in [0.5, 0.6) is 5.75 Å². The molecule has 0 radical (unpaired) electrons. The number of hydrogen-bond donors (Lipinski definition) is 0. The largest absolute Gasteiger partial charge is 0.497 e. The summed E-state index contributed by atoms with van der Waals surface area (Å²) in [7, 11) is 1.62. The summed E-state index contributed by atoms with van der Waals surface area (Å²) in [6.45, 7) is 2.74. The number of piperazine rings is 1. The Hall–Kier alpha value is -3.08. The van der Waals surface area contributed by atoms with Crippen LogP contribution in [0.1, 0.15) is 18.1 Å². The van der Waals surface area contributed by atoms with Crippen LogP contribution in [-0.2, 0) is 16.1 Å². The molecule has 5 nitrogen and oxygen atoms in total. The van der Waals surface area contributed by atoms with Gasteiger partial charge in [-0.15, -0.1) is 0 Å². The molecule has 2 aromatic rings. The van der Waals surface area contributed by atoms with Gasteiger partial charge in [-0.25, -0.2) is 0 Å². The summed E-state index contributed by atoms with van der Waals surface area (Å²) in [4.78, 5) is 28.5. The van der Waals surface area contributed by atoms with E-state index in [9.17, 15) is 9.59 Å². The fourth-order valence-electron chi connectivity index (χ4n) is 3.16. The van der Waals surface area contributed by atoms with E-state index in [1.54, 1.807) is 23.8 Å². The quantitative estimate of drug-likeness (QED) is 0.792. The SMILES string of the molecule is COc1ccc(CN2CC(=O)N(C/C=C/c3ccccc3)[C@@H](C)C2=O)cc1. The Morgan fingerprint density at radius 2 is 1.78 bits per heavy atom. The van der Waals surface area contributed by atoms with Crippen molar-refractivity contribution in [2.24, 2.45) is 0 Å². The first-order valence-corrected chi connectivity index (χ1v) is 9.01. The molecule has 0 bridgehead atoms. The Labute approximate surface area is 159 Å². The standard InChI is InChI=1S/C22H24N2O3/c1-17-22(26)23(15-19-10-12-20(27-2)13-11-19)16-21(25)24(17)14-6-9-18-7-4-3-5-8-18/h3-13,17H,14-16H2,1-2H3/b9-6+/t17-/m0/s1. The van der Waals surface area contributed by atoms with Gasteiger partial charge in [0.1, 0.15) is 18.3 Å². The van der Waals surface area contributed by atoms with Crippen molar-refractivity contribution in [1.29, 1.82) is 0 Å². The van der Waals surface area contributed by atoms with E-state index in [4.69, 9.17) is 4.74 Å². The summed E-state index contributed by atoms with van der Waals surface area (Å²) < 4.78 is 5.15. The van der Waals surface area contributed by atoms with Gasteiger partial charge in [-0.1, -0.05) is 54.6 Å². The van der Waals surface area contributed by atoms with E-state index in [1.807, 2.05) is 66.7 Å². The van der Waals surface area contributed by atoms with Crippen LogP contribution in [-0.4, -0.2) is 47.9 Å². The molecule has 1 heterocycles. The number of nitrogens with zero attached hydrogens (tertiary/aromatic N) is 2. The number of amides is 2. The predicted octanol–water partition coefficient (Wildman–Crippen LogP) is 2.97. The van der Waals surface area contributed by atoms with E-state index in [0.29, 0.717) is 13.1 Å². The average molecular weight is 364 g/mol. The molecule has 1 fully saturated rings. The molecule has 3 rings (SSSR count). The topological polar surface area (TPSA) is 49.9 Å². The molecule has 2 aromatic carbocycles. The van der Waals surface area contributed by atoms with Crippen LogP contribution in [0.15, 0.2) is 60.7 Å². The Bertz CT molecular complexity index is 815. The zero-order valence-corrected chi connectivity index (χ0v) is 15.7. The molecule has 0 aliphatic carbocycles. The molecule has 140 valence electrons. The molecule has 0 unspecified atom stereocenters. The fraction of sp³-hybridized carbons (Fsp3) is 0.273. The molecule has 0 aromatic heterocycles. The normalized spacial score (nSPS) is 17.6. The minimum atomic E-state index is -0.468. The van der Waals surface area contributed by atoms with Crippen LogP contribution in [0.25, 0.3) is 6.08 Å². The van der Waals surface area contributed by atoms with E-state index in [-0.39, 0.29) is 18.4 Å². The van der Waals surface area contributed by atoms with E-state index >= 15 is 0 Å². The molecule has 27 heavy (non-hydrogen) atoms. The van der Waals surface area contributed by atoms with Crippen molar-refractivity contribution in [3.8, 4) is 5.75 Å². The minimum Gasteiger partial charge on any atom is -0.497 e. The van der Waals surface area contributed by atoms with Crippen LogP contribution in [0, 0.1) is 0 Å². The average Bonchev–Trinajstić information content (AvgIpc) is 2.70. The first kappa shape index (κ1) is 18.7. The maximum Gasteiger partial charge on any atom is 0.245 e. The molecule has 1 saturated heterocycles. The van der Waals surface area contributed by atoms with Crippen LogP contribution in [0.4, 0.5) is 0 Å². The van der Waals surface area contributed by atoms with Crippen molar-refractivity contribution in [3.05, 3.63) is 71.8 Å². The molecular weight excluding hydrogens is 340 g/mol. The molecule has 0 saturated carbocycles. The van der Waals surface area contributed by atoms with Gasteiger partial charge in [0, 0.05) is 13.1 Å². The van der Waals surface area contributed by atoms with Gasteiger partial charge in [-0.2, -0.15) is 0 Å². The van der Waals surface area contributed by atoms with Crippen molar-refractivity contribution < 1.29 is 14.3 Å². The molecule has 1 atom stereocenters. The van der Waals surface area contributed by atoms with Crippen molar-refractivity contribution in [1.82, 2.24) is 9.80 Å². The molecule has 1 aliphatic rings. The predicted molar refractivity (Wildman–Crippen MR) is 105 cm³/mol. The highest BCUT2D eigenvalue weighted by Crippen LogP contribution is 2.18. The number of carbonyl (C=O) groups is 2. The van der Waals surface area contributed by atoms with Crippen LogP contribution in [0.2, 0.25) is 0 Å². The summed E-state index contributed by atoms with van der Waals surface area (Å²) in [5.74, 6) is 0.705. The van der Waals surface area contributed by atoms with Gasteiger partial charge in [-0.3, -0.25) is 9.59 Å². The Kier molecular flexibility index (Phi) is 5.91. The molecule has 5 heteroatoms. The highest BCUT2D eigenvalue weighted by atomic mass is 16.5. The van der Waals surface area contributed by atoms with Gasteiger partial charge < -0.3 is 14.5 Å². The van der Waals surface area contributed by atoms with Gasteiger partial charge in [0.15, 0.2) is 0 Å². The maximum absolute atomic E-state index is 12.7. The lowest BCUT2D eigenvalue weighted by molar-refractivity contribution is -0.155. The number of ether oxygens (including phenoxy) is 1. The first-order chi connectivity index (χ1) is 13.1. The molecular formula is C22H24N2O3. The van der Waals surface area contributed by atoms with Crippen molar-refractivity contribution in [3.63, 3.8) is 0 Å². The maximum atomic E-state index is 12.7. The van der Waals surface area contributed by atoms with Gasteiger partial charge in [0.2, 0.25) is 11.8 Å². The molecule has 0 spiro atoms. The summed E-state index contributed by atoms with van der Waals surface area (Å²) in [5.41, 5.74) is 2.05. The van der Waals surface area contributed by atoms with E-state index in [1.165, 1.54) is 0 Å². The molecule has 0 N–H and O–H groups in total. The summed E-state index contributed by atoms with van der Waals surface area (Å²) in [5, 5.41) is 0. The van der Waals surface area contributed by atoms with Crippen molar-refractivity contribution >= 4 is 17.9 Å². The van der Waals surface area contributed by atoms with Gasteiger partial charge in [0.25, 0.3) is 0 Å². The smallest absolute Gasteiger partial charge is 0.245 e. The summed E-state index contributed by atoms with van der Waals surface area (Å²) >= 11 is 0. The van der Waals surface area contributed by atoms with Gasteiger partial charge in [0.05, 0.1) is 7.11 Å². The second-order valence-corrected chi connectivity index (χ2v) is 6.58. The zero-order chi connectivity index (χ0) is 19.2. The summed E-state index contributed by atoms with van der Waals surface area (Å²) in [6, 6.07) is 17.0. The van der Waals surface area contributed by atoms with Gasteiger partial charge >= 0.3 is 0 Å². The van der Waals surface area contributed by atoms with Crippen LogP contribution < -0.4 is 4.74 Å². The summed E-state index contributed by atoms with van der Waals surface area (Å²) in [6.07, 6.45) is 3.89. The number of methoxy groups -OCH3 is 1. The third-order valence-corrected chi connectivity index (χ3v) is 4.73. The van der Waals surface area contributed by atoms with Crippen LogP contribution in [0.3, 0.4) is 0 Å². The van der Waals surface area contributed by atoms with Crippen molar-refractivity contribution in [2.75, 3.05) is 20.2 Å². The molecule has 1 aliphatic heterocycles. The van der Waals surface area contributed by atoms with Gasteiger partial charge in [-0.05, 0) is 30.2 Å². The number of carbonyl (C=O) groups excluding carboxylic acids is 2. The lowest BCUT2D eigenvalue weighted by Crippen LogP contribution is -2.58. The lowest BCUT2D eigenvalue weighted by atomic mass is 10.1. The second kappa shape index (κ2) is 8.54. The lowest BCUT2D eigenvalue weighted by Gasteiger charge is -2.38. The van der Waals surface area contributed by atoms with Crippen LogP contribution >= 0.6 is 0 Å². The third kappa shape index (κ3) is 4.56. The third-order valence-electron chi connectivity index (χ3n) is 4.73. The monoisotopic (exact) mass is 364 g/mol. The zero-order valence-electron chi connectivity index (χ0n) is 15.7. The Morgan fingerprint density at radius 3 is 2.44 bits per heavy atom. The number of benzene rings is 2. The Balaban J connectivity index is 1.62. The number of hydrogen-bond acceptors (Lipinski definition) is 3. The molecule has 2 amide bonds. The highest BCUT2D eigenvalue weighted by Gasteiger charge is 2.35. The second-order valence-electron chi connectivity index (χ2n) is 6.58. The number of rotatable bonds is 6. The van der Waals surface area contributed by atoms with E-state index < -0.39 is 6.04 Å². The highest BCUT2D eigenvalue weighted by molar-refractivity contribution is 5.94. The first-order valence-electron chi connectivity index (χ1n) is 9.01. The van der Waals surface area contributed by atoms with E-state index in [2.05, 4.69) is 0 Å². The fourth-order valence-corrected chi connectivity index (χ4v) is 3.16. The Morgan fingerprint density at radius 1 is 1.07 bits per heavy atom. The minimum absolute atomic E-state index is 0.0291. The van der Waals surface area contributed by atoms with Crippen molar-refractivity contribution in [2.45, 2.75) is 19.5 Å². The van der Waals surface area contributed by atoms with E-state index in [0.717, 1.165) is 16.9 Å².